The van der Waals surface area contributed by atoms with E-state index >= 15 is 0 Å². The fourth-order valence-electron chi connectivity index (χ4n) is 0.613. The molecule has 1 rings (SSSR count). The Bertz CT molecular complexity index is 263. The first-order chi connectivity index (χ1) is 5.63. The number of hydrazone groups is 1. The smallest absolute Gasteiger partial charge is 0.357 e. The maximum Gasteiger partial charge on any atom is 0.357 e. The lowest BCUT2D eigenvalue weighted by Gasteiger charge is -2.07. The van der Waals surface area contributed by atoms with Gasteiger partial charge in [0, 0.05) is 0 Å². The SMILES string of the molecule is O=C(O)C1=C[N]NN=C1C(=O)O. The fourth-order valence-corrected chi connectivity index (χ4v) is 0.613. The van der Waals surface area contributed by atoms with Crippen LogP contribution in [0, 0.1) is 0 Å². The second-order valence-electron chi connectivity index (χ2n) is 1.84. The standard InChI is InChI=1S/C5H4N3O4/c9-4(10)2-1-6-8-7-3(2)5(11)12/h1,8H,(H,9,10)(H,11,12). The van der Waals surface area contributed by atoms with Gasteiger partial charge in [-0.3, -0.25) is 0 Å². The number of carboxylic acids is 2. The molecule has 12 heavy (non-hydrogen) atoms. The molecule has 1 heterocycles. The van der Waals surface area contributed by atoms with Gasteiger partial charge in [0.25, 0.3) is 0 Å². The Labute approximate surface area is 66.4 Å². The minimum atomic E-state index is -1.41. The minimum absolute atomic E-state index is 0.443. The van der Waals surface area contributed by atoms with Gasteiger partial charge in [0.2, 0.25) is 0 Å². The largest absolute Gasteiger partial charge is 0.478 e. The van der Waals surface area contributed by atoms with Gasteiger partial charge in [-0.1, -0.05) is 0 Å². The van der Waals surface area contributed by atoms with Crippen LogP contribution >= 0.6 is 0 Å². The van der Waals surface area contributed by atoms with Crippen LogP contribution in [-0.2, 0) is 9.59 Å². The lowest BCUT2D eigenvalue weighted by molar-refractivity contribution is -0.134. The van der Waals surface area contributed by atoms with Crippen molar-refractivity contribution in [3.05, 3.63) is 11.8 Å². The number of carbonyl (C=O) groups is 2. The molecule has 0 unspecified atom stereocenters. The fraction of sp³-hybridized carbons (Fsp3) is 0. The molecule has 0 aromatic carbocycles. The maximum absolute atomic E-state index is 10.4. The Morgan fingerprint density at radius 1 is 1.33 bits per heavy atom. The minimum Gasteiger partial charge on any atom is -0.478 e. The summed E-state index contributed by atoms with van der Waals surface area (Å²) in [6.45, 7) is 0. The Morgan fingerprint density at radius 3 is 2.42 bits per heavy atom. The molecule has 0 saturated carbocycles. The van der Waals surface area contributed by atoms with E-state index in [0.29, 0.717) is 0 Å². The zero-order valence-corrected chi connectivity index (χ0v) is 5.68. The Kier molecular flexibility index (Phi) is 1.95. The van der Waals surface area contributed by atoms with Crippen molar-refractivity contribution in [3.63, 3.8) is 0 Å². The lowest BCUT2D eigenvalue weighted by Crippen LogP contribution is -2.31. The predicted octanol–water partition coefficient (Wildman–Crippen LogP) is -1.48. The van der Waals surface area contributed by atoms with E-state index in [9.17, 15) is 9.59 Å². The summed E-state index contributed by atoms with van der Waals surface area (Å²) in [5.41, 5.74) is 4.26. The van der Waals surface area contributed by atoms with Crippen LogP contribution in [0.5, 0.6) is 0 Å². The van der Waals surface area contributed by atoms with Gasteiger partial charge in [0.15, 0.2) is 5.71 Å². The molecule has 0 aliphatic carbocycles. The second-order valence-corrected chi connectivity index (χ2v) is 1.84. The normalized spacial score (nSPS) is 15.0. The van der Waals surface area contributed by atoms with Gasteiger partial charge in [-0.2, -0.15) is 11.0 Å². The molecule has 1 aliphatic heterocycles. The van der Waals surface area contributed by atoms with Gasteiger partial charge in [0.1, 0.15) is 5.57 Å². The summed E-state index contributed by atoms with van der Waals surface area (Å²) < 4.78 is 0. The number of hydrogen-bond acceptors (Lipinski definition) is 4. The molecular weight excluding hydrogens is 166 g/mol. The van der Waals surface area contributed by atoms with Crippen molar-refractivity contribution in [2.24, 2.45) is 5.10 Å². The number of rotatable bonds is 2. The van der Waals surface area contributed by atoms with E-state index < -0.39 is 23.2 Å². The highest BCUT2D eigenvalue weighted by Gasteiger charge is 2.24. The van der Waals surface area contributed by atoms with Crippen molar-refractivity contribution in [2.45, 2.75) is 0 Å². The summed E-state index contributed by atoms with van der Waals surface area (Å²) in [5.74, 6) is -2.78. The molecule has 7 heteroatoms. The number of nitrogens with zero attached hydrogens (tertiary/aromatic N) is 2. The van der Waals surface area contributed by atoms with Crippen LogP contribution in [0.4, 0.5) is 0 Å². The van der Waals surface area contributed by atoms with Gasteiger partial charge in [-0.05, 0) is 0 Å². The molecule has 0 bridgehead atoms. The van der Waals surface area contributed by atoms with Crippen LogP contribution in [0.2, 0.25) is 0 Å². The average molecular weight is 170 g/mol. The first kappa shape index (κ1) is 8.05. The van der Waals surface area contributed by atoms with Gasteiger partial charge in [0.05, 0.1) is 6.20 Å². The first-order valence-electron chi connectivity index (χ1n) is 2.82. The third kappa shape index (κ3) is 1.34. The first-order valence-corrected chi connectivity index (χ1v) is 2.82. The maximum atomic E-state index is 10.4. The molecule has 63 valence electrons. The van der Waals surface area contributed by atoms with E-state index in [2.05, 4.69) is 10.5 Å². The van der Waals surface area contributed by atoms with Crippen LogP contribution < -0.4 is 11.0 Å². The number of aliphatic carboxylic acids is 2. The van der Waals surface area contributed by atoms with E-state index in [1.165, 1.54) is 0 Å². The zero-order valence-electron chi connectivity index (χ0n) is 5.68. The van der Waals surface area contributed by atoms with Crippen LogP contribution in [0.1, 0.15) is 0 Å². The van der Waals surface area contributed by atoms with Crippen molar-refractivity contribution in [1.29, 1.82) is 0 Å². The summed E-state index contributed by atoms with van der Waals surface area (Å²) in [4.78, 5) is 20.7. The van der Waals surface area contributed by atoms with E-state index in [4.69, 9.17) is 10.2 Å². The average Bonchev–Trinajstić information content (AvgIpc) is 2.04. The van der Waals surface area contributed by atoms with Crippen molar-refractivity contribution in [2.75, 3.05) is 0 Å². The Morgan fingerprint density at radius 2 is 2.00 bits per heavy atom. The summed E-state index contributed by atoms with van der Waals surface area (Å²) in [6, 6.07) is 0. The molecule has 7 nitrogen and oxygen atoms in total. The van der Waals surface area contributed by atoms with Crippen molar-refractivity contribution >= 4 is 17.7 Å². The molecule has 0 spiro atoms. The third-order valence-electron chi connectivity index (χ3n) is 1.10. The van der Waals surface area contributed by atoms with Crippen LogP contribution in [0.15, 0.2) is 16.9 Å². The molecular formula is C5H4N3O4. The monoisotopic (exact) mass is 170 g/mol. The summed E-state index contributed by atoms with van der Waals surface area (Å²) in [5, 5.41) is 20.1. The quantitative estimate of drug-likeness (QED) is 0.467. The summed E-state index contributed by atoms with van der Waals surface area (Å²) in [6.07, 6.45) is 0.888. The molecule has 0 aromatic heterocycles. The van der Waals surface area contributed by atoms with Crippen LogP contribution in [-0.4, -0.2) is 27.9 Å². The predicted molar refractivity (Wildman–Crippen MR) is 36.1 cm³/mol. The van der Waals surface area contributed by atoms with E-state index in [-0.39, 0.29) is 0 Å². The van der Waals surface area contributed by atoms with Gasteiger partial charge in [-0.15, -0.1) is 5.10 Å². The van der Waals surface area contributed by atoms with Gasteiger partial charge in [-0.25, -0.2) is 9.59 Å². The molecule has 0 aromatic rings. The van der Waals surface area contributed by atoms with Crippen LogP contribution in [0.25, 0.3) is 0 Å². The van der Waals surface area contributed by atoms with E-state index in [1.54, 1.807) is 0 Å². The Hall–Kier alpha value is -2.05. The third-order valence-corrected chi connectivity index (χ3v) is 1.10. The highest BCUT2D eigenvalue weighted by atomic mass is 16.4. The van der Waals surface area contributed by atoms with Crippen molar-refractivity contribution < 1.29 is 19.8 Å². The molecule has 1 aliphatic rings. The van der Waals surface area contributed by atoms with Crippen LogP contribution in [0.3, 0.4) is 0 Å². The van der Waals surface area contributed by atoms with E-state index in [1.807, 2.05) is 5.53 Å². The molecule has 0 amide bonds. The van der Waals surface area contributed by atoms with Gasteiger partial charge < -0.3 is 10.2 Å². The molecule has 3 N–H and O–H groups in total. The highest BCUT2D eigenvalue weighted by molar-refractivity contribution is 6.48. The number of nitrogens with one attached hydrogen (secondary N) is 1. The topological polar surface area (TPSA) is 113 Å². The second kappa shape index (κ2) is 2.91. The number of carboxylic acid groups (broad SMARTS) is 2. The molecule has 1 radical (unpaired) electrons. The van der Waals surface area contributed by atoms with Gasteiger partial charge >= 0.3 is 11.9 Å². The zero-order chi connectivity index (χ0) is 9.14. The van der Waals surface area contributed by atoms with Crippen molar-refractivity contribution in [3.8, 4) is 0 Å². The molecule has 0 atom stereocenters. The van der Waals surface area contributed by atoms with E-state index in [0.717, 1.165) is 6.20 Å². The number of hydrogen-bond donors (Lipinski definition) is 3. The molecule has 0 saturated heterocycles. The van der Waals surface area contributed by atoms with Crippen molar-refractivity contribution in [1.82, 2.24) is 11.0 Å². The molecule has 0 fully saturated rings. The summed E-state index contributed by atoms with van der Waals surface area (Å²) in [7, 11) is 0. The lowest BCUT2D eigenvalue weighted by atomic mass is 10.2. The highest BCUT2D eigenvalue weighted by Crippen LogP contribution is 2.01. The summed E-state index contributed by atoms with van der Waals surface area (Å²) >= 11 is 0. The Balaban J connectivity index is 2.98.